The van der Waals surface area contributed by atoms with E-state index in [1.165, 1.54) is 32.4 Å². The van der Waals surface area contributed by atoms with Crippen LogP contribution in [0.4, 0.5) is 13.2 Å². The second kappa shape index (κ2) is 9.06. The maximum Gasteiger partial charge on any atom is 0.416 e. The van der Waals surface area contributed by atoms with E-state index in [1.54, 1.807) is 22.6 Å². The van der Waals surface area contributed by atoms with Crippen molar-refractivity contribution in [1.29, 1.82) is 0 Å². The van der Waals surface area contributed by atoms with Gasteiger partial charge in [-0.3, -0.25) is 4.90 Å². The number of aromatic nitrogens is 2. The van der Waals surface area contributed by atoms with Crippen molar-refractivity contribution in [1.82, 2.24) is 14.5 Å². The molecule has 0 bridgehead atoms. The lowest BCUT2D eigenvalue weighted by molar-refractivity contribution is -0.138. The molecule has 10 heteroatoms. The van der Waals surface area contributed by atoms with Gasteiger partial charge in [0.25, 0.3) is 0 Å². The van der Waals surface area contributed by atoms with Crippen LogP contribution in [-0.2, 0) is 40.4 Å². The van der Waals surface area contributed by atoms with Crippen LogP contribution in [-0.4, -0.2) is 49.4 Å². The highest BCUT2D eigenvalue weighted by Crippen LogP contribution is 2.32. The fraction of sp³-hybridized carbons (Fsp3) is 0.500. The van der Waals surface area contributed by atoms with E-state index in [2.05, 4.69) is 4.98 Å². The summed E-state index contributed by atoms with van der Waals surface area (Å²) in [4.78, 5) is 5.73. The zero-order valence-corrected chi connectivity index (χ0v) is 16.8. The Hall–Kier alpha value is -1.91. The molecule has 0 spiro atoms. The maximum absolute atomic E-state index is 13.2. The molecule has 2 rings (SSSR count). The summed E-state index contributed by atoms with van der Waals surface area (Å²) in [6.45, 7) is 2.40. The van der Waals surface area contributed by atoms with E-state index >= 15 is 0 Å². The van der Waals surface area contributed by atoms with Crippen molar-refractivity contribution in [2.24, 2.45) is 0 Å². The third-order valence-electron chi connectivity index (χ3n) is 4.27. The highest BCUT2D eigenvalue weighted by atomic mass is 32.2. The number of hydrogen-bond acceptors (Lipinski definition) is 5. The Morgan fingerprint density at radius 1 is 1.21 bits per heavy atom. The highest BCUT2D eigenvalue weighted by molar-refractivity contribution is 7.91. The van der Waals surface area contributed by atoms with E-state index in [4.69, 9.17) is 4.74 Å². The Balaban J connectivity index is 2.26. The van der Waals surface area contributed by atoms with Crippen LogP contribution < -0.4 is 0 Å². The van der Waals surface area contributed by atoms with Crippen molar-refractivity contribution in [2.75, 3.05) is 26.5 Å². The molecule has 0 aliphatic rings. The lowest BCUT2D eigenvalue weighted by Gasteiger charge is -2.21. The number of rotatable bonds is 9. The molecular weight excluding hydrogens is 395 g/mol. The summed E-state index contributed by atoms with van der Waals surface area (Å²) in [7, 11) is -0.350. The fourth-order valence-corrected chi connectivity index (χ4v) is 3.89. The van der Waals surface area contributed by atoms with Crippen molar-refractivity contribution >= 4 is 9.84 Å². The zero-order chi connectivity index (χ0) is 20.9. The van der Waals surface area contributed by atoms with Gasteiger partial charge in [-0.15, -0.1) is 0 Å². The van der Waals surface area contributed by atoms with Crippen molar-refractivity contribution in [3.63, 3.8) is 0 Å². The SMILES string of the molecule is CCS(=O)(=O)c1ncc(CN(C)Cc2ccccc2C(F)(F)F)n1CCOC. The molecule has 0 saturated carbocycles. The number of imidazole rings is 1. The predicted octanol–water partition coefficient (Wildman–Crippen LogP) is 2.97. The van der Waals surface area contributed by atoms with Crippen LogP contribution in [0.15, 0.2) is 35.6 Å². The summed E-state index contributed by atoms with van der Waals surface area (Å²) in [5.41, 5.74) is 0.0712. The minimum absolute atomic E-state index is 0.0499. The first kappa shape index (κ1) is 22.4. The molecule has 0 fully saturated rings. The Bertz CT molecular complexity index is 895. The molecule has 156 valence electrons. The molecule has 0 aliphatic carbocycles. The number of hydrogen-bond donors (Lipinski definition) is 0. The third-order valence-corrected chi connectivity index (χ3v) is 5.92. The van der Waals surface area contributed by atoms with Gasteiger partial charge in [-0.05, 0) is 18.7 Å². The van der Waals surface area contributed by atoms with Gasteiger partial charge in [0.1, 0.15) is 0 Å². The molecule has 0 unspecified atom stereocenters. The Labute approximate surface area is 162 Å². The highest BCUT2D eigenvalue weighted by Gasteiger charge is 2.33. The van der Waals surface area contributed by atoms with Gasteiger partial charge in [-0.25, -0.2) is 13.4 Å². The molecule has 1 aromatic heterocycles. The smallest absolute Gasteiger partial charge is 0.383 e. The van der Waals surface area contributed by atoms with Gasteiger partial charge in [0.15, 0.2) is 0 Å². The van der Waals surface area contributed by atoms with E-state index in [9.17, 15) is 21.6 Å². The Morgan fingerprint density at radius 2 is 1.89 bits per heavy atom. The van der Waals surface area contributed by atoms with Crippen molar-refractivity contribution in [3.8, 4) is 0 Å². The van der Waals surface area contributed by atoms with Gasteiger partial charge < -0.3 is 9.30 Å². The first-order chi connectivity index (χ1) is 13.1. The molecule has 2 aromatic rings. The van der Waals surface area contributed by atoms with Gasteiger partial charge in [-0.1, -0.05) is 25.1 Å². The Morgan fingerprint density at radius 3 is 2.50 bits per heavy atom. The first-order valence-corrected chi connectivity index (χ1v) is 10.3. The Kier molecular flexibility index (Phi) is 7.24. The number of ether oxygens (including phenoxy) is 1. The van der Waals surface area contributed by atoms with Crippen molar-refractivity contribution in [3.05, 3.63) is 47.3 Å². The van der Waals surface area contributed by atoms with Gasteiger partial charge in [0.05, 0.1) is 29.8 Å². The molecule has 0 N–H and O–H groups in total. The van der Waals surface area contributed by atoms with Crippen LogP contribution in [0.2, 0.25) is 0 Å². The summed E-state index contributed by atoms with van der Waals surface area (Å²) in [5.74, 6) is -0.0920. The fourth-order valence-electron chi connectivity index (χ4n) is 2.88. The minimum atomic E-state index is -4.43. The van der Waals surface area contributed by atoms with Crippen LogP contribution in [0.3, 0.4) is 0 Å². The normalized spacial score (nSPS) is 12.7. The summed E-state index contributed by atoms with van der Waals surface area (Å²) >= 11 is 0. The molecule has 1 heterocycles. The van der Waals surface area contributed by atoms with Gasteiger partial charge in [-0.2, -0.15) is 13.2 Å². The lowest BCUT2D eigenvalue weighted by atomic mass is 10.1. The number of nitrogens with zero attached hydrogens (tertiary/aromatic N) is 3. The van der Waals surface area contributed by atoms with Crippen molar-refractivity contribution < 1.29 is 26.3 Å². The van der Waals surface area contributed by atoms with Crippen LogP contribution in [0, 0.1) is 0 Å². The number of methoxy groups -OCH3 is 1. The van der Waals surface area contributed by atoms with E-state index in [-0.39, 0.29) is 42.7 Å². The lowest BCUT2D eigenvalue weighted by Crippen LogP contribution is -2.23. The largest absolute Gasteiger partial charge is 0.416 e. The van der Waals surface area contributed by atoms with E-state index in [0.29, 0.717) is 5.69 Å². The van der Waals surface area contributed by atoms with Gasteiger partial charge >= 0.3 is 6.18 Å². The quantitative estimate of drug-likeness (QED) is 0.625. The summed E-state index contributed by atoms with van der Waals surface area (Å²) in [6, 6.07) is 5.41. The van der Waals surface area contributed by atoms with Crippen LogP contribution in [0.25, 0.3) is 0 Å². The second-order valence-electron chi connectivity index (χ2n) is 6.41. The standard InChI is InChI=1S/C18H24F3N3O3S/c1-4-28(25,26)17-22-11-15(24(17)9-10-27-3)13-23(2)12-14-7-5-6-8-16(14)18(19,20)21/h5-8,11H,4,9-10,12-13H2,1-3H3. The molecule has 0 saturated heterocycles. The molecule has 0 aliphatic heterocycles. The third kappa shape index (κ3) is 5.33. The zero-order valence-electron chi connectivity index (χ0n) is 16.0. The summed E-state index contributed by atoms with van der Waals surface area (Å²) < 4.78 is 70.7. The number of benzene rings is 1. The van der Waals surface area contributed by atoms with E-state index in [0.717, 1.165) is 6.07 Å². The van der Waals surface area contributed by atoms with Crippen molar-refractivity contribution in [2.45, 2.75) is 37.9 Å². The first-order valence-electron chi connectivity index (χ1n) is 8.70. The maximum atomic E-state index is 13.2. The molecule has 1 aromatic carbocycles. The monoisotopic (exact) mass is 419 g/mol. The molecule has 0 atom stereocenters. The second-order valence-corrected chi connectivity index (χ2v) is 8.58. The molecule has 0 radical (unpaired) electrons. The summed E-state index contributed by atoms with van der Waals surface area (Å²) in [6.07, 6.45) is -2.98. The minimum Gasteiger partial charge on any atom is -0.383 e. The predicted molar refractivity (Wildman–Crippen MR) is 98.4 cm³/mol. The topological polar surface area (TPSA) is 64.4 Å². The van der Waals surface area contributed by atoms with Gasteiger partial charge in [0.2, 0.25) is 15.0 Å². The average molecular weight is 419 g/mol. The van der Waals surface area contributed by atoms with E-state index in [1.807, 2.05) is 0 Å². The molecule has 6 nitrogen and oxygen atoms in total. The number of sulfone groups is 1. The molecule has 0 amide bonds. The molecular formula is C18H24F3N3O3S. The van der Waals surface area contributed by atoms with Crippen LogP contribution in [0.1, 0.15) is 23.7 Å². The molecule has 28 heavy (non-hydrogen) atoms. The number of halogens is 3. The van der Waals surface area contributed by atoms with Crippen LogP contribution >= 0.6 is 0 Å². The average Bonchev–Trinajstić information content (AvgIpc) is 3.02. The van der Waals surface area contributed by atoms with E-state index < -0.39 is 21.6 Å². The number of alkyl halides is 3. The van der Waals surface area contributed by atoms with Gasteiger partial charge in [0, 0.05) is 26.7 Å². The van der Waals surface area contributed by atoms with Crippen LogP contribution in [0.5, 0.6) is 0 Å². The summed E-state index contributed by atoms with van der Waals surface area (Å²) in [5, 5.41) is -0.0499.